The number of amides is 14. The maximum Gasteiger partial charge on any atom is 0.408 e. The summed E-state index contributed by atoms with van der Waals surface area (Å²) in [6.07, 6.45) is 4.14. The lowest BCUT2D eigenvalue weighted by molar-refractivity contribution is -0.145. The van der Waals surface area contributed by atoms with E-state index in [-0.39, 0.29) is 135 Å². The predicted molar refractivity (Wildman–Crippen MR) is 494 cm³/mol. The molecular formula is C93H120N20O18S. The molecule has 2 fully saturated rings. The van der Waals surface area contributed by atoms with Gasteiger partial charge in [0.2, 0.25) is 70.9 Å². The maximum absolute atomic E-state index is 15.8. The van der Waals surface area contributed by atoms with Crippen molar-refractivity contribution in [3.05, 3.63) is 180 Å². The number of aliphatic imine (C=N–C) groups is 1. The van der Waals surface area contributed by atoms with Gasteiger partial charge in [-0.05, 0) is 147 Å². The predicted octanol–water partition coefficient (Wildman–Crippen LogP) is 3.97. The molecule has 0 saturated carbocycles. The minimum Gasteiger partial charge on any atom is -0.467 e. The maximum atomic E-state index is 15.8. The van der Waals surface area contributed by atoms with Gasteiger partial charge in [0, 0.05) is 110 Å². The minimum atomic E-state index is -1.76. The number of aromatic amines is 3. The van der Waals surface area contributed by atoms with Crippen LogP contribution in [-0.4, -0.2) is 232 Å². The molecule has 0 unspecified atom stereocenters. The molecule has 0 spiro atoms. The van der Waals surface area contributed by atoms with E-state index in [1.807, 2.05) is 50.4 Å². The Morgan fingerprint density at radius 3 is 1.27 bits per heavy atom. The third-order valence-corrected chi connectivity index (χ3v) is 23.7. The first-order valence-corrected chi connectivity index (χ1v) is 45.7. The molecule has 21 N–H and O–H groups in total. The van der Waals surface area contributed by atoms with Crippen molar-refractivity contribution < 1.29 is 86.1 Å². The van der Waals surface area contributed by atoms with E-state index in [1.165, 1.54) is 28.7 Å². The summed E-state index contributed by atoms with van der Waals surface area (Å²) in [6.45, 7) is 3.78. The van der Waals surface area contributed by atoms with Gasteiger partial charge in [-0.1, -0.05) is 129 Å². The Kier molecular flexibility index (Phi) is 38.1. The summed E-state index contributed by atoms with van der Waals surface area (Å²) in [6, 6.07) is 23.8. The zero-order chi connectivity index (χ0) is 94.8. The highest BCUT2D eigenvalue weighted by molar-refractivity contribution is 7.98. The number of para-hydroxylation sites is 3. The first-order chi connectivity index (χ1) is 63.5. The Labute approximate surface area is 767 Å². The van der Waals surface area contributed by atoms with Crippen LogP contribution in [0, 0.1) is 5.92 Å². The van der Waals surface area contributed by atoms with E-state index < -0.39 is 181 Å². The van der Waals surface area contributed by atoms with Gasteiger partial charge in [-0.15, -0.1) is 0 Å². The molecular weight excluding hydrogens is 1720 g/mol. The van der Waals surface area contributed by atoms with E-state index >= 15 is 33.6 Å². The number of likely N-dealkylation sites (tertiary alicyclic amines) is 2. The molecule has 0 radical (unpaired) electrons. The summed E-state index contributed by atoms with van der Waals surface area (Å²) in [5.41, 5.74) is 27.7. The lowest BCUT2D eigenvalue weighted by Crippen LogP contribution is -2.61. The topological polar surface area (TPSA) is 574 Å². The second-order valence-corrected chi connectivity index (χ2v) is 34.2. The number of benzene rings is 5. The highest BCUT2D eigenvalue weighted by atomic mass is 32.2. The van der Waals surface area contributed by atoms with Crippen LogP contribution in [-0.2, 0) is 109 Å². The Hall–Kier alpha value is -14.0. The number of unbranched alkanes of at least 4 members (excludes halogenated alkanes) is 1. The van der Waals surface area contributed by atoms with Crippen LogP contribution < -0.4 is 76.1 Å². The Morgan fingerprint density at radius 2 is 0.826 bits per heavy atom. The minimum absolute atomic E-state index is 0.00480. The Bertz CT molecular complexity index is 5350. The van der Waals surface area contributed by atoms with Crippen molar-refractivity contribution in [3.8, 4) is 0 Å². The summed E-state index contributed by atoms with van der Waals surface area (Å²) in [7, 11) is 1.20. The number of nitrogens with one attached hydrogen (secondary N) is 13. The van der Waals surface area contributed by atoms with Gasteiger partial charge in [-0.25, -0.2) is 14.4 Å². The van der Waals surface area contributed by atoms with Gasteiger partial charge in [0.15, 0.2) is 5.96 Å². The summed E-state index contributed by atoms with van der Waals surface area (Å²) in [4.78, 5) is 232. The highest BCUT2D eigenvalue weighted by Gasteiger charge is 2.44. The third-order valence-electron chi connectivity index (χ3n) is 23.0. The zero-order valence-corrected chi connectivity index (χ0v) is 75.3. The molecule has 2 saturated heterocycles. The van der Waals surface area contributed by atoms with Crippen molar-refractivity contribution in [2.75, 3.05) is 45.3 Å². The quantitative estimate of drug-likeness (QED) is 0.00843. The third kappa shape index (κ3) is 29.8. The number of rotatable bonds is 50. The van der Waals surface area contributed by atoms with E-state index in [0.717, 1.165) is 5.56 Å². The SMILES string of the molecule is COC(=O)[C@@H](CCSC)NC(=O)[C@H](CC(C)C)NC(=O)[C@@H](Cc1c[nH]c2ccccc12)NC(=O)[C@H](Cc1c[nH]c2ccccc12)NC(=O)[C@@H](Cc1c[nH]c2ccccc12)NC(=O)[C@H](CCC(N)=O)NC(=O)[C@H](CCC(N)=O)NC(=O)[C@@H]1CCCN1C(=O)[C@H](CCCCNC(=O)OCc1ccccc1)NC(=O)[C@@H]1CCCN1C(=O)[C@H](CCCN=C(N)N)NC(=O)OCc1ccccc1. The molecule has 5 heterocycles. The fourth-order valence-electron chi connectivity index (χ4n) is 16.2. The number of fused-ring (bicyclic) bond motifs is 3. The van der Waals surface area contributed by atoms with Crippen LogP contribution in [0.4, 0.5) is 9.59 Å². The van der Waals surface area contributed by atoms with Crippen molar-refractivity contribution in [1.82, 2.24) is 77.9 Å². The molecule has 38 nitrogen and oxygen atoms in total. The fourth-order valence-corrected chi connectivity index (χ4v) is 16.6. The number of carbonyl (C=O) groups is 15. The second-order valence-electron chi connectivity index (χ2n) is 33.2. The number of hydrogen-bond donors (Lipinski definition) is 17. The number of ether oxygens (including phenoxy) is 3. The molecule has 132 heavy (non-hydrogen) atoms. The molecule has 8 aromatic rings. The number of guanidine groups is 1. The average molecular weight is 1840 g/mol. The number of H-pyrrole nitrogens is 3. The first-order valence-electron chi connectivity index (χ1n) is 44.3. The number of nitrogens with two attached hydrogens (primary N) is 4. The number of methoxy groups -OCH3 is 1. The van der Waals surface area contributed by atoms with E-state index in [1.54, 1.807) is 122 Å². The van der Waals surface area contributed by atoms with Gasteiger partial charge in [0.1, 0.15) is 79.7 Å². The molecule has 3 aromatic heterocycles. The second kappa shape index (κ2) is 50.2. The lowest BCUT2D eigenvalue weighted by atomic mass is 9.99. The number of hydrogen-bond acceptors (Lipinski definition) is 20. The molecule has 706 valence electrons. The van der Waals surface area contributed by atoms with Crippen LogP contribution in [0.15, 0.2) is 157 Å². The molecule has 0 bridgehead atoms. The van der Waals surface area contributed by atoms with Gasteiger partial charge >= 0.3 is 18.2 Å². The summed E-state index contributed by atoms with van der Waals surface area (Å²) in [5.74, 6) is -10.9. The van der Waals surface area contributed by atoms with Crippen molar-refractivity contribution in [1.29, 1.82) is 0 Å². The number of primary amides is 2. The molecule has 5 aromatic carbocycles. The number of aromatic nitrogens is 3. The van der Waals surface area contributed by atoms with Gasteiger partial charge in [0.25, 0.3) is 0 Å². The number of carbonyl (C=O) groups excluding carboxylic acids is 15. The molecule has 14 amide bonds. The molecule has 2 aliphatic heterocycles. The first kappa shape index (κ1) is 100. The standard InChI is InChI=1S/C93H120N20O18S/c1-55(2)46-72(82(118)106-71(40-45-132-4)90(126)129-3)107-83(119)74(48-59-51-101-65-30-15-12-27-62(59)65)109-85(121)75(49-60-52-102-66-31-16-13-28-63(60)66)110-84(120)73(47-58-50-100-64-29-14-11-26-61(58)64)108-81(117)67(36-38-78(94)114)103-80(116)68(37-39-79(95)115)104-86(122)76-34-20-43-112(76)88(124)69(32-17-18-41-99-92(127)130-53-56-22-7-5-8-23-56)105-87(123)77-35-21-44-113(77)89(125)70(33-19-42-98-91(96)97)111-93(128)131-54-57-24-9-6-10-25-57/h5-16,22-31,50-52,55,67-77,100-102H,17-21,32-49,53-54H2,1-4H3,(H2,94,114)(H2,95,115)(H,99,127)(H,103,116)(H,104,122)(H,105,123)(H,106,118)(H,107,119)(H,108,117)(H,109,121)(H,110,120)(H,111,128)(H4,96,97,98)/t67-,68-,69-,70-,71+,72-,73+,74+,75-,76-,77-/m0/s1. The van der Waals surface area contributed by atoms with E-state index in [2.05, 4.69) is 73.1 Å². The van der Waals surface area contributed by atoms with Crippen LogP contribution >= 0.6 is 11.8 Å². The molecule has 0 aliphatic carbocycles. The largest absolute Gasteiger partial charge is 0.467 e. The number of alkyl carbamates (subject to hydrolysis) is 2. The lowest BCUT2D eigenvalue weighted by Gasteiger charge is -2.32. The highest BCUT2D eigenvalue weighted by Crippen LogP contribution is 2.28. The zero-order valence-electron chi connectivity index (χ0n) is 74.4. The van der Waals surface area contributed by atoms with Gasteiger partial charge in [-0.2, -0.15) is 11.8 Å². The Balaban J connectivity index is 0.900. The number of nitrogens with zero attached hydrogens (tertiary/aromatic N) is 3. The smallest absolute Gasteiger partial charge is 0.408 e. The monoisotopic (exact) mass is 1840 g/mol. The normalized spacial score (nSPS) is 15.6. The fraction of sp³-hybridized carbons (Fsp3) is 0.441. The van der Waals surface area contributed by atoms with Crippen LogP contribution in [0.25, 0.3) is 32.7 Å². The Morgan fingerprint density at radius 1 is 0.439 bits per heavy atom. The molecule has 39 heteroatoms. The molecule has 2 aliphatic rings. The van der Waals surface area contributed by atoms with Crippen molar-refractivity contribution in [2.24, 2.45) is 33.8 Å². The van der Waals surface area contributed by atoms with Crippen LogP contribution in [0.1, 0.15) is 138 Å². The van der Waals surface area contributed by atoms with E-state index in [9.17, 15) is 38.4 Å². The van der Waals surface area contributed by atoms with Crippen LogP contribution in [0.5, 0.6) is 0 Å². The van der Waals surface area contributed by atoms with E-state index in [0.29, 0.717) is 67.1 Å². The molecule has 11 atom stereocenters. The molecule has 10 rings (SSSR count). The van der Waals surface area contributed by atoms with Gasteiger partial charge < -0.3 is 115 Å². The number of esters is 1. The van der Waals surface area contributed by atoms with Crippen LogP contribution in [0.2, 0.25) is 0 Å². The van der Waals surface area contributed by atoms with Crippen molar-refractivity contribution >= 4 is 139 Å². The van der Waals surface area contributed by atoms with Crippen molar-refractivity contribution in [3.63, 3.8) is 0 Å². The van der Waals surface area contributed by atoms with Crippen LogP contribution in [0.3, 0.4) is 0 Å². The summed E-state index contributed by atoms with van der Waals surface area (Å²) in [5, 5.41) is 29.7. The average Bonchev–Trinajstić information content (AvgIpc) is 1.78. The summed E-state index contributed by atoms with van der Waals surface area (Å²) < 4.78 is 15.9. The van der Waals surface area contributed by atoms with Gasteiger partial charge in [-0.3, -0.25) is 62.5 Å². The van der Waals surface area contributed by atoms with Crippen molar-refractivity contribution in [2.45, 2.75) is 209 Å². The van der Waals surface area contributed by atoms with E-state index in [4.69, 9.17) is 37.1 Å². The van der Waals surface area contributed by atoms with Gasteiger partial charge in [0.05, 0.1) is 7.11 Å². The number of thioether (sulfide) groups is 1. The summed E-state index contributed by atoms with van der Waals surface area (Å²) >= 11 is 1.45.